The number of rotatable bonds is 6. The Labute approximate surface area is 239 Å². The van der Waals surface area contributed by atoms with Crippen LogP contribution in [0.4, 0.5) is 10.5 Å². The number of nitrogens with zero attached hydrogens (tertiary/aromatic N) is 1. The van der Waals surface area contributed by atoms with Gasteiger partial charge in [0.15, 0.2) is 0 Å². The van der Waals surface area contributed by atoms with E-state index in [9.17, 15) is 24.6 Å². The SMILES string of the molecule is Cn1ccc([O-])c(NC(=O)N[C@@H](CC(=O)[O-])c2cccc(-c3cccc(Cl)c3)c2)c1=O.[Na+].[Na+]. The second-order valence-electron chi connectivity index (χ2n) is 6.83. The van der Waals surface area contributed by atoms with E-state index in [-0.39, 0.29) is 59.1 Å². The van der Waals surface area contributed by atoms with E-state index in [2.05, 4.69) is 10.6 Å². The fraction of sp³-hybridized carbons (Fsp3) is 0.136. The van der Waals surface area contributed by atoms with Gasteiger partial charge in [0.2, 0.25) is 0 Å². The summed E-state index contributed by atoms with van der Waals surface area (Å²) < 4.78 is 1.14. The number of aromatic nitrogens is 1. The molecule has 0 fully saturated rings. The molecule has 0 aliphatic heterocycles. The molecular formula is C22H18ClN3Na2O5. The van der Waals surface area contributed by atoms with Crippen LogP contribution in [0.15, 0.2) is 65.6 Å². The van der Waals surface area contributed by atoms with Crippen molar-refractivity contribution in [2.24, 2.45) is 7.05 Å². The Hall–Kier alpha value is -1.78. The van der Waals surface area contributed by atoms with Gasteiger partial charge in [-0.1, -0.05) is 53.7 Å². The predicted octanol–water partition coefficient (Wildman–Crippen LogP) is -4.21. The largest absolute Gasteiger partial charge is 1.00 e. The number of benzene rings is 2. The monoisotopic (exact) mass is 485 g/mol. The molecule has 160 valence electrons. The molecule has 2 amide bonds. The Kier molecular flexibility index (Phi) is 11.7. The van der Waals surface area contributed by atoms with Crippen molar-refractivity contribution >= 4 is 29.3 Å². The average Bonchev–Trinajstić information content (AvgIpc) is 2.73. The zero-order valence-electron chi connectivity index (χ0n) is 18.4. The van der Waals surface area contributed by atoms with E-state index in [1.54, 1.807) is 36.4 Å². The Morgan fingerprint density at radius 2 is 1.70 bits per heavy atom. The first kappa shape index (κ1) is 29.3. The van der Waals surface area contributed by atoms with Crippen LogP contribution in [0.3, 0.4) is 0 Å². The number of halogens is 1. The molecule has 0 aliphatic rings. The molecule has 0 spiro atoms. The molecule has 0 saturated heterocycles. The van der Waals surface area contributed by atoms with Crippen molar-refractivity contribution in [1.29, 1.82) is 0 Å². The number of anilines is 1. The molecule has 3 aromatic rings. The summed E-state index contributed by atoms with van der Waals surface area (Å²) in [6.07, 6.45) is 0.775. The van der Waals surface area contributed by atoms with Crippen molar-refractivity contribution in [2.75, 3.05) is 5.32 Å². The minimum atomic E-state index is -1.38. The zero-order chi connectivity index (χ0) is 22.5. The molecule has 3 rings (SSSR count). The number of pyridine rings is 1. The molecule has 11 heteroatoms. The first-order valence-electron chi connectivity index (χ1n) is 9.24. The standard InChI is InChI=1S/C22H20ClN3O5.2Na/c1-26-9-8-18(27)20(21(26)30)25-22(31)24-17(12-19(28)29)15-6-2-4-13(10-15)14-5-3-7-16(23)11-14;;/h2-11,17,27H,12H2,1H3,(H,28,29)(H2,24,25,31);;/q;2*+1/p-2/t17-;;/m0../s1. The third kappa shape index (κ3) is 7.89. The fourth-order valence-electron chi connectivity index (χ4n) is 3.06. The van der Waals surface area contributed by atoms with Crippen molar-refractivity contribution in [3.05, 3.63) is 81.7 Å². The van der Waals surface area contributed by atoms with Crippen LogP contribution in [0.5, 0.6) is 5.75 Å². The van der Waals surface area contributed by atoms with Gasteiger partial charge in [0, 0.05) is 30.7 Å². The number of carbonyl (C=O) groups is 2. The van der Waals surface area contributed by atoms with Crippen LogP contribution < -0.4 is 85.5 Å². The fourth-order valence-corrected chi connectivity index (χ4v) is 3.25. The smallest absolute Gasteiger partial charge is 0.871 e. The summed E-state index contributed by atoms with van der Waals surface area (Å²) in [5, 5.41) is 28.5. The number of carbonyl (C=O) groups excluding carboxylic acids is 2. The van der Waals surface area contributed by atoms with Gasteiger partial charge in [0.1, 0.15) is 5.69 Å². The number of carboxylic acid groups (broad SMARTS) is 1. The third-order valence-corrected chi connectivity index (χ3v) is 4.83. The van der Waals surface area contributed by atoms with Crippen molar-refractivity contribution in [1.82, 2.24) is 9.88 Å². The summed E-state index contributed by atoms with van der Waals surface area (Å²) in [4.78, 5) is 35.8. The number of nitrogens with one attached hydrogen (secondary N) is 2. The van der Waals surface area contributed by atoms with Gasteiger partial charge < -0.3 is 30.2 Å². The average molecular weight is 486 g/mol. The van der Waals surface area contributed by atoms with Gasteiger partial charge in [0.05, 0.1) is 6.04 Å². The molecule has 0 radical (unpaired) electrons. The first-order chi connectivity index (χ1) is 14.7. The maximum atomic E-state index is 12.5. The topological polar surface area (TPSA) is 126 Å². The van der Waals surface area contributed by atoms with Crippen LogP contribution in [0.1, 0.15) is 18.0 Å². The van der Waals surface area contributed by atoms with Gasteiger partial charge in [-0.25, -0.2) is 4.79 Å². The van der Waals surface area contributed by atoms with E-state index < -0.39 is 41.5 Å². The minimum Gasteiger partial charge on any atom is -0.871 e. The van der Waals surface area contributed by atoms with Gasteiger partial charge in [-0.3, -0.25) is 4.79 Å². The molecule has 0 aliphatic carbocycles. The summed E-state index contributed by atoms with van der Waals surface area (Å²) in [5.41, 5.74) is 0.976. The van der Waals surface area contributed by atoms with Crippen LogP contribution in [0.25, 0.3) is 11.1 Å². The van der Waals surface area contributed by atoms with Gasteiger partial charge in [-0.15, -0.1) is 0 Å². The van der Waals surface area contributed by atoms with Crippen LogP contribution in [0, 0.1) is 0 Å². The van der Waals surface area contributed by atoms with Gasteiger partial charge in [-0.2, -0.15) is 0 Å². The van der Waals surface area contributed by atoms with Crippen molar-refractivity contribution in [3.8, 4) is 16.9 Å². The predicted molar refractivity (Wildman–Crippen MR) is 113 cm³/mol. The summed E-state index contributed by atoms with van der Waals surface area (Å²) in [6, 6.07) is 13.3. The Morgan fingerprint density at radius 1 is 1.06 bits per heavy atom. The number of hydrogen-bond acceptors (Lipinski definition) is 5. The number of aliphatic carboxylic acids is 1. The molecule has 0 unspecified atom stereocenters. The van der Waals surface area contributed by atoms with E-state index >= 15 is 0 Å². The van der Waals surface area contributed by atoms with Gasteiger partial charge in [-0.05, 0) is 34.9 Å². The molecular weight excluding hydrogens is 468 g/mol. The quantitative estimate of drug-likeness (QED) is 0.342. The molecule has 1 heterocycles. The maximum absolute atomic E-state index is 12.5. The third-order valence-electron chi connectivity index (χ3n) is 4.59. The maximum Gasteiger partial charge on any atom is 1.00 e. The normalized spacial score (nSPS) is 10.8. The van der Waals surface area contributed by atoms with Crippen molar-refractivity contribution in [2.45, 2.75) is 12.5 Å². The Balaban J connectivity index is 0.00000272. The van der Waals surface area contributed by atoms with Gasteiger partial charge >= 0.3 is 65.1 Å². The zero-order valence-corrected chi connectivity index (χ0v) is 23.2. The number of aryl methyl sites for hydroxylation is 1. The molecule has 1 atom stereocenters. The molecule has 0 bridgehead atoms. The summed E-state index contributed by atoms with van der Waals surface area (Å²) in [5.74, 6) is -2.03. The number of hydrogen-bond donors (Lipinski definition) is 2. The van der Waals surface area contributed by atoms with E-state index in [1.807, 2.05) is 12.1 Å². The number of carboxylic acids is 1. The Bertz CT molecular complexity index is 1200. The second kappa shape index (κ2) is 13.2. The molecule has 33 heavy (non-hydrogen) atoms. The molecule has 2 N–H and O–H groups in total. The molecule has 1 aromatic heterocycles. The number of amides is 2. The van der Waals surface area contributed by atoms with E-state index in [0.717, 1.165) is 21.8 Å². The van der Waals surface area contributed by atoms with Crippen LogP contribution in [0.2, 0.25) is 5.02 Å². The molecule has 8 nitrogen and oxygen atoms in total. The second-order valence-corrected chi connectivity index (χ2v) is 7.27. The van der Waals surface area contributed by atoms with Crippen LogP contribution in [-0.4, -0.2) is 16.6 Å². The van der Waals surface area contributed by atoms with E-state index in [4.69, 9.17) is 11.6 Å². The molecule has 2 aromatic carbocycles. The van der Waals surface area contributed by atoms with Gasteiger partial charge in [0.25, 0.3) is 5.56 Å². The first-order valence-corrected chi connectivity index (χ1v) is 9.62. The number of urea groups is 1. The van der Waals surface area contributed by atoms with Crippen LogP contribution >= 0.6 is 11.6 Å². The van der Waals surface area contributed by atoms with E-state index in [0.29, 0.717) is 10.6 Å². The van der Waals surface area contributed by atoms with Crippen molar-refractivity contribution < 1.29 is 78.9 Å². The minimum absolute atomic E-state index is 0. The summed E-state index contributed by atoms with van der Waals surface area (Å²) >= 11 is 6.04. The van der Waals surface area contributed by atoms with E-state index in [1.165, 1.54) is 13.2 Å². The van der Waals surface area contributed by atoms with Crippen LogP contribution in [-0.2, 0) is 11.8 Å². The summed E-state index contributed by atoms with van der Waals surface area (Å²) in [7, 11) is 1.44. The molecule has 0 saturated carbocycles. The Morgan fingerprint density at radius 3 is 2.33 bits per heavy atom. The van der Waals surface area contributed by atoms with Crippen molar-refractivity contribution in [3.63, 3.8) is 0 Å². The summed E-state index contributed by atoms with van der Waals surface area (Å²) in [6.45, 7) is 0.